The summed E-state index contributed by atoms with van der Waals surface area (Å²) in [5.41, 5.74) is 1.11. The fourth-order valence-electron chi connectivity index (χ4n) is 4.04. The molecule has 3 aliphatic heterocycles. The van der Waals surface area contributed by atoms with E-state index in [1.807, 2.05) is 24.3 Å². The van der Waals surface area contributed by atoms with E-state index in [0.29, 0.717) is 19.5 Å². The first-order valence-electron chi connectivity index (χ1n) is 8.22. The number of fused-ring (bicyclic) bond motifs is 2. The molecule has 1 aromatic rings. The molecule has 0 aliphatic carbocycles. The van der Waals surface area contributed by atoms with Crippen molar-refractivity contribution < 1.29 is 9.59 Å². The smallest absolute Gasteiger partial charge is 0.246 e. The minimum absolute atomic E-state index is 0.138. The highest BCUT2D eigenvalue weighted by atomic mass is 35.5. The highest BCUT2D eigenvalue weighted by molar-refractivity contribution is 6.30. The first kappa shape index (κ1) is 15.0. The zero-order chi connectivity index (χ0) is 16.0. The van der Waals surface area contributed by atoms with Crippen LogP contribution < -0.4 is 5.32 Å². The van der Waals surface area contributed by atoms with E-state index in [9.17, 15) is 9.59 Å². The van der Waals surface area contributed by atoms with Gasteiger partial charge in [0.15, 0.2) is 0 Å². The lowest BCUT2D eigenvalue weighted by Gasteiger charge is -2.38. The summed E-state index contributed by atoms with van der Waals surface area (Å²) >= 11 is 6.00. The van der Waals surface area contributed by atoms with Gasteiger partial charge in [-0.3, -0.25) is 9.59 Å². The summed E-state index contributed by atoms with van der Waals surface area (Å²) in [4.78, 5) is 28.8. The number of amides is 2. The molecule has 0 bridgehead atoms. The number of rotatable bonds is 3. The van der Waals surface area contributed by atoms with E-state index in [1.54, 1.807) is 9.80 Å². The van der Waals surface area contributed by atoms with Crippen LogP contribution >= 0.6 is 11.6 Å². The van der Waals surface area contributed by atoms with Crippen LogP contribution in [0.1, 0.15) is 24.8 Å². The van der Waals surface area contributed by atoms with Gasteiger partial charge in [0, 0.05) is 30.7 Å². The van der Waals surface area contributed by atoms with Crippen molar-refractivity contribution >= 4 is 23.4 Å². The van der Waals surface area contributed by atoms with Gasteiger partial charge in [-0.05, 0) is 37.0 Å². The van der Waals surface area contributed by atoms with Gasteiger partial charge in [0.1, 0.15) is 12.1 Å². The van der Waals surface area contributed by atoms with Gasteiger partial charge in [-0.1, -0.05) is 23.7 Å². The van der Waals surface area contributed by atoms with Crippen LogP contribution in [0.15, 0.2) is 24.3 Å². The van der Waals surface area contributed by atoms with E-state index in [2.05, 4.69) is 5.32 Å². The second-order valence-corrected chi connectivity index (χ2v) is 7.08. The van der Waals surface area contributed by atoms with Gasteiger partial charge in [-0.2, -0.15) is 0 Å². The zero-order valence-corrected chi connectivity index (χ0v) is 13.6. The largest absolute Gasteiger partial charge is 0.329 e. The number of piperazine rings is 1. The minimum Gasteiger partial charge on any atom is -0.329 e. The normalized spacial score (nSPS) is 29.9. The first-order valence-corrected chi connectivity index (χ1v) is 8.60. The monoisotopic (exact) mass is 333 g/mol. The molecule has 5 nitrogen and oxygen atoms in total. The van der Waals surface area contributed by atoms with Crippen molar-refractivity contribution in [3.63, 3.8) is 0 Å². The fourth-order valence-corrected chi connectivity index (χ4v) is 4.25. The van der Waals surface area contributed by atoms with Gasteiger partial charge in [-0.15, -0.1) is 0 Å². The molecule has 3 aliphatic rings. The predicted molar refractivity (Wildman–Crippen MR) is 86.9 cm³/mol. The zero-order valence-electron chi connectivity index (χ0n) is 12.9. The van der Waals surface area contributed by atoms with Crippen LogP contribution in [0.2, 0.25) is 5.02 Å². The van der Waals surface area contributed by atoms with E-state index in [-0.39, 0.29) is 29.9 Å². The van der Waals surface area contributed by atoms with Crippen LogP contribution in [0, 0.1) is 0 Å². The van der Waals surface area contributed by atoms with Gasteiger partial charge in [0.2, 0.25) is 11.8 Å². The van der Waals surface area contributed by atoms with Crippen LogP contribution in [-0.2, 0) is 16.1 Å². The average molecular weight is 334 g/mol. The van der Waals surface area contributed by atoms with Crippen molar-refractivity contribution in [3.05, 3.63) is 34.9 Å². The van der Waals surface area contributed by atoms with Crippen molar-refractivity contribution in [1.82, 2.24) is 15.1 Å². The number of nitrogens with one attached hydrogen (secondary N) is 1. The molecule has 3 saturated heterocycles. The molecule has 23 heavy (non-hydrogen) atoms. The van der Waals surface area contributed by atoms with Crippen molar-refractivity contribution in [2.45, 2.75) is 43.9 Å². The van der Waals surface area contributed by atoms with Crippen LogP contribution in [0.4, 0.5) is 0 Å². The number of halogens is 1. The Morgan fingerprint density at radius 2 is 2.00 bits per heavy atom. The molecule has 0 aromatic heterocycles. The lowest BCUT2D eigenvalue weighted by molar-refractivity contribution is -0.156. The Balaban J connectivity index is 1.42. The maximum Gasteiger partial charge on any atom is 0.246 e. The molecule has 0 saturated carbocycles. The topological polar surface area (TPSA) is 52.7 Å². The summed E-state index contributed by atoms with van der Waals surface area (Å²) < 4.78 is 0. The Labute approximate surface area is 140 Å². The summed E-state index contributed by atoms with van der Waals surface area (Å²) in [7, 11) is 0. The number of nitrogens with zero attached hydrogens (tertiary/aromatic N) is 2. The molecule has 0 unspecified atom stereocenters. The molecule has 2 amide bonds. The van der Waals surface area contributed by atoms with E-state index in [1.165, 1.54) is 0 Å². The van der Waals surface area contributed by atoms with Crippen molar-refractivity contribution in [3.8, 4) is 0 Å². The van der Waals surface area contributed by atoms with E-state index in [4.69, 9.17) is 11.6 Å². The quantitative estimate of drug-likeness (QED) is 0.910. The van der Waals surface area contributed by atoms with Crippen molar-refractivity contribution in [1.29, 1.82) is 0 Å². The van der Waals surface area contributed by atoms with E-state index < -0.39 is 0 Å². The molecule has 3 heterocycles. The minimum atomic E-state index is -0.270. The molecule has 4 rings (SSSR count). The highest BCUT2D eigenvalue weighted by Gasteiger charge is 2.51. The summed E-state index contributed by atoms with van der Waals surface area (Å²) in [6.45, 7) is 2.06. The number of carbonyl (C=O) groups excluding carboxylic acids is 2. The number of carbonyl (C=O) groups is 2. The SMILES string of the molecule is O=C1[C@@H]2C[C@H](NCc3cccc(Cl)c3)CN2C(=O)[C@H]2CCCN12. The predicted octanol–water partition coefficient (Wildman–Crippen LogP) is 1.40. The number of benzene rings is 1. The van der Waals surface area contributed by atoms with Crippen LogP contribution in [0.25, 0.3) is 0 Å². The summed E-state index contributed by atoms with van der Waals surface area (Å²) in [5.74, 6) is 0.276. The van der Waals surface area contributed by atoms with Gasteiger partial charge >= 0.3 is 0 Å². The van der Waals surface area contributed by atoms with Crippen LogP contribution in [0.5, 0.6) is 0 Å². The Hall–Kier alpha value is -1.59. The molecule has 3 fully saturated rings. The Morgan fingerprint density at radius 1 is 1.17 bits per heavy atom. The Morgan fingerprint density at radius 3 is 2.83 bits per heavy atom. The third-order valence-corrected chi connectivity index (χ3v) is 5.41. The number of hydrogen-bond acceptors (Lipinski definition) is 3. The molecule has 0 spiro atoms. The van der Waals surface area contributed by atoms with Gasteiger partial charge in [0.05, 0.1) is 0 Å². The fraction of sp³-hybridized carbons (Fsp3) is 0.529. The van der Waals surface area contributed by atoms with Gasteiger partial charge < -0.3 is 15.1 Å². The number of hydrogen-bond donors (Lipinski definition) is 1. The van der Waals surface area contributed by atoms with Crippen LogP contribution in [0.3, 0.4) is 0 Å². The summed E-state index contributed by atoms with van der Waals surface area (Å²) in [6, 6.07) is 7.42. The van der Waals surface area contributed by atoms with E-state index in [0.717, 1.165) is 30.0 Å². The third-order valence-electron chi connectivity index (χ3n) is 5.17. The van der Waals surface area contributed by atoms with E-state index >= 15 is 0 Å². The first-order chi connectivity index (χ1) is 11.1. The second-order valence-electron chi connectivity index (χ2n) is 6.64. The molecular weight excluding hydrogens is 314 g/mol. The standard InChI is InChI=1S/C17H20ClN3O2/c18-12-4-1-3-11(7-12)9-19-13-8-15-17(23)20-6-2-5-14(20)16(22)21(15)10-13/h1,3-4,7,13-15,19H,2,5-6,8-10H2/t13-,14+,15-/m0/s1. The van der Waals surface area contributed by atoms with Crippen molar-refractivity contribution in [2.24, 2.45) is 0 Å². The molecule has 1 N–H and O–H groups in total. The van der Waals surface area contributed by atoms with Gasteiger partial charge in [0.25, 0.3) is 0 Å². The molecule has 3 atom stereocenters. The molecule has 1 aromatic carbocycles. The Bertz CT molecular complexity index is 620. The summed E-state index contributed by atoms with van der Waals surface area (Å²) in [5, 5.41) is 4.19. The van der Waals surface area contributed by atoms with Gasteiger partial charge in [-0.25, -0.2) is 0 Å². The lowest BCUT2D eigenvalue weighted by atomic mass is 10.1. The second kappa shape index (κ2) is 5.80. The maximum atomic E-state index is 12.6. The molecule has 0 radical (unpaired) electrons. The van der Waals surface area contributed by atoms with Crippen LogP contribution in [-0.4, -0.2) is 52.8 Å². The molecule has 6 heteroatoms. The summed E-state index contributed by atoms with van der Waals surface area (Å²) in [6.07, 6.45) is 2.46. The average Bonchev–Trinajstić information content (AvgIpc) is 3.18. The highest BCUT2D eigenvalue weighted by Crippen LogP contribution is 2.32. The molecular formula is C17H20ClN3O2. The maximum absolute atomic E-state index is 12.6. The Kier molecular flexibility index (Phi) is 3.77. The van der Waals surface area contributed by atoms with Crippen molar-refractivity contribution in [2.75, 3.05) is 13.1 Å². The molecule has 122 valence electrons. The third kappa shape index (κ3) is 2.62. The lowest BCUT2D eigenvalue weighted by Crippen LogP contribution is -2.60.